The van der Waals surface area contributed by atoms with Crippen LogP contribution in [0, 0.1) is 5.41 Å². The highest BCUT2D eigenvalue weighted by Gasteiger charge is 2.15. The molecular formula is C12H18N4O2. The first-order valence-corrected chi connectivity index (χ1v) is 5.54. The molecule has 6 heteroatoms. The number of benzene rings is 1. The van der Waals surface area contributed by atoms with Gasteiger partial charge >= 0.3 is 6.03 Å². The topological polar surface area (TPSA) is 91.4 Å². The first-order valence-electron chi connectivity index (χ1n) is 5.54. The summed E-state index contributed by atoms with van der Waals surface area (Å²) in [6, 6.07) is 4.80. The number of methoxy groups -OCH3 is 1. The number of nitrogen functional groups attached to an aromatic ring is 1. The first kappa shape index (κ1) is 13.8. The molecule has 0 atom stereocenters. The van der Waals surface area contributed by atoms with E-state index < -0.39 is 0 Å². The van der Waals surface area contributed by atoms with Crippen LogP contribution in [0.25, 0.3) is 0 Å². The van der Waals surface area contributed by atoms with Gasteiger partial charge < -0.3 is 20.7 Å². The quantitative estimate of drug-likeness (QED) is 0.558. The van der Waals surface area contributed by atoms with Gasteiger partial charge in [-0.15, -0.1) is 0 Å². The van der Waals surface area contributed by atoms with Gasteiger partial charge in [0, 0.05) is 19.2 Å². The molecule has 0 bridgehead atoms. The molecule has 0 saturated heterocycles. The summed E-state index contributed by atoms with van der Waals surface area (Å²) < 4.78 is 5.16. The second-order valence-electron chi connectivity index (χ2n) is 3.74. The molecule has 6 nitrogen and oxygen atoms in total. The van der Waals surface area contributed by atoms with Crippen molar-refractivity contribution in [3.8, 4) is 5.75 Å². The molecule has 0 aliphatic carbocycles. The average molecular weight is 250 g/mol. The van der Waals surface area contributed by atoms with Crippen molar-refractivity contribution in [1.29, 1.82) is 5.41 Å². The van der Waals surface area contributed by atoms with Crippen LogP contribution in [0.3, 0.4) is 0 Å². The molecular weight excluding hydrogens is 232 g/mol. The lowest BCUT2D eigenvalue weighted by Gasteiger charge is -2.19. The molecule has 4 N–H and O–H groups in total. The Kier molecular flexibility index (Phi) is 4.53. The summed E-state index contributed by atoms with van der Waals surface area (Å²) in [5.74, 6) is 0.351. The summed E-state index contributed by atoms with van der Waals surface area (Å²) in [5.41, 5.74) is 6.34. The number of amides is 2. The molecule has 1 aromatic carbocycles. The van der Waals surface area contributed by atoms with E-state index in [-0.39, 0.29) is 11.9 Å². The van der Waals surface area contributed by atoms with E-state index in [0.29, 0.717) is 23.5 Å². The van der Waals surface area contributed by atoms with E-state index in [4.69, 9.17) is 15.9 Å². The van der Waals surface area contributed by atoms with Crippen molar-refractivity contribution >= 4 is 17.6 Å². The zero-order valence-electron chi connectivity index (χ0n) is 10.8. The van der Waals surface area contributed by atoms with Crippen LogP contribution in [0.15, 0.2) is 18.2 Å². The lowest BCUT2D eigenvalue weighted by Crippen LogP contribution is -2.32. The van der Waals surface area contributed by atoms with Crippen LogP contribution in [0.1, 0.15) is 12.5 Å². The Hall–Kier alpha value is -2.24. The van der Waals surface area contributed by atoms with Gasteiger partial charge in [0.25, 0.3) is 0 Å². The highest BCUT2D eigenvalue weighted by Crippen LogP contribution is 2.28. The third-order valence-corrected chi connectivity index (χ3v) is 2.59. The maximum atomic E-state index is 11.8. The number of ether oxygens (including phenoxy) is 1. The van der Waals surface area contributed by atoms with Gasteiger partial charge in [-0.2, -0.15) is 0 Å². The summed E-state index contributed by atoms with van der Waals surface area (Å²) in [6.45, 7) is 2.45. The normalized spacial score (nSPS) is 9.72. The Morgan fingerprint density at radius 2 is 2.22 bits per heavy atom. The third-order valence-electron chi connectivity index (χ3n) is 2.59. The minimum atomic E-state index is -0.274. The lowest BCUT2D eigenvalue weighted by atomic mass is 10.1. The van der Waals surface area contributed by atoms with Gasteiger partial charge in [0.05, 0.1) is 12.8 Å². The maximum absolute atomic E-state index is 11.8. The summed E-state index contributed by atoms with van der Waals surface area (Å²) in [5, 5.41) is 10.2. The zero-order chi connectivity index (χ0) is 13.7. The molecule has 1 rings (SSSR count). The van der Waals surface area contributed by atoms with Crippen molar-refractivity contribution in [3.05, 3.63) is 23.8 Å². The molecule has 0 radical (unpaired) electrons. The van der Waals surface area contributed by atoms with Gasteiger partial charge in [-0.05, 0) is 19.1 Å². The Morgan fingerprint density at radius 1 is 1.56 bits per heavy atom. The van der Waals surface area contributed by atoms with Crippen LogP contribution in [-0.4, -0.2) is 37.5 Å². The number of nitrogens with one attached hydrogen (secondary N) is 2. The molecule has 1 aromatic rings. The van der Waals surface area contributed by atoms with E-state index in [9.17, 15) is 4.79 Å². The number of hydrogen-bond acceptors (Lipinski definition) is 3. The summed E-state index contributed by atoms with van der Waals surface area (Å²) in [6.07, 6.45) is 0. The third kappa shape index (κ3) is 2.91. The van der Waals surface area contributed by atoms with Crippen LogP contribution < -0.4 is 15.8 Å². The molecule has 0 aromatic heterocycles. The molecule has 0 heterocycles. The molecule has 0 fully saturated rings. The number of rotatable bonds is 4. The van der Waals surface area contributed by atoms with E-state index in [0.717, 1.165) is 0 Å². The minimum Gasteiger partial charge on any atom is -0.495 e. The number of para-hydroxylation sites is 1. The molecule has 0 unspecified atom stereocenters. The number of urea groups is 1. The second-order valence-corrected chi connectivity index (χ2v) is 3.74. The fourth-order valence-corrected chi connectivity index (χ4v) is 1.40. The van der Waals surface area contributed by atoms with Crippen molar-refractivity contribution in [3.63, 3.8) is 0 Å². The van der Waals surface area contributed by atoms with Crippen molar-refractivity contribution in [2.24, 2.45) is 5.73 Å². The molecule has 0 spiro atoms. The maximum Gasteiger partial charge on any atom is 0.321 e. The Labute approximate surface area is 106 Å². The Morgan fingerprint density at radius 3 is 2.72 bits per heavy atom. The predicted molar refractivity (Wildman–Crippen MR) is 71.3 cm³/mol. The lowest BCUT2D eigenvalue weighted by molar-refractivity contribution is 0.224. The Bertz CT molecular complexity index is 459. The molecule has 18 heavy (non-hydrogen) atoms. The van der Waals surface area contributed by atoms with Crippen LogP contribution in [0.2, 0.25) is 0 Å². The minimum absolute atomic E-state index is 0.122. The number of carbonyl (C=O) groups is 1. The summed E-state index contributed by atoms with van der Waals surface area (Å²) >= 11 is 0. The number of carbonyl (C=O) groups excluding carboxylic acids is 1. The zero-order valence-corrected chi connectivity index (χ0v) is 10.8. The van der Waals surface area contributed by atoms with Crippen LogP contribution in [-0.2, 0) is 0 Å². The van der Waals surface area contributed by atoms with E-state index in [1.807, 2.05) is 6.92 Å². The van der Waals surface area contributed by atoms with Gasteiger partial charge in [-0.3, -0.25) is 5.41 Å². The smallest absolute Gasteiger partial charge is 0.321 e. The monoisotopic (exact) mass is 250 g/mol. The standard InChI is InChI=1S/C12H18N4O2/c1-4-16(2)12(17)15-10-8(11(13)14)6-5-7-9(10)18-3/h5-7H,4H2,1-3H3,(H3,13,14)(H,15,17). The number of hydrogen-bond donors (Lipinski definition) is 3. The van der Waals surface area contributed by atoms with Crippen LogP contribution in [0.4, 0.5) is 10.5 Å². The fraction of sp³-hybridized carbons (Fsp3) is 0.333. The van der Waals surface area contributed by atoms with Gasteiger partial charge in [0.1, 0.15) is 11.6 Å². The summed E-state index contributed by atoms with van der Waals surface area (Å²) in [4.78, 5) is 13.3. The molecule has 0 aliphatic rings. The van der Waals surface area contributed by atoms with Crippen LogP contribution in [0.5, 0.6) is 5.75 Å². The first-order chi connectivity index (χ1) is 8.51. The fourth-order valence-electron chi connectivity index (χ4n) is 1.40. The van der Waals surface area contributed by atoms with Crippen molar-refractivity contribution in [1.82, 2.24) is 4.90 Å². The SMILES string of the molecule is CCN(C)C(=O)Nc1c(OC)cccc1C(=N)N. The molecule has 2 amide bonds. The number of amidine groups is 1. The molecule has 0 aliphatic heterocycles. The largest absolute Gasteiger partial charge is 0.495 e. The molecule has 98 valence electrons. The number of anilines is 1. The average Bonchev–Trinajstić information content (AvgIpc) is 2.37. The van der Waals surface area contributed by atoms with E-state index >= 15 is 0 Å². The van der Waals surface area contributed by atoms with Crippen molar-refractivity contribution in [2.45, 2.75) is 6.92 Å². The van der Waals surface area contributed by atoms with Gasteiger partial charge in [0.15, 0.2) is 0 Å². The summed E-state index contributed by atoms with van der Waals surface area (Å²) in [7, 11) is 3.18. The van der Waals surface area contributed by atoms with Crippen LogP contribution >= 0.6 is 0 Å². The van der Waals surface area contributed by atoms with E-state index in [1.54, 1.807) is 25.2 Å². The van der Waals surface area contributed by atoms with Gasteiger partial charge in [-0.25, -0.2) is 4.79 Å². The van der Waals surface area contributed by atoms with E-state index in [1.165, 1.54) is 12.0 Å². The highest BCUT2D eigenvalue weighted by atomic mass is 16.5. The van der Waals surface area contributed by atoms with Crippen molar-refractivity contribution in [2.75, 3.05) is 26.0 Å². The highest BCUT2D eigenvalue weighted by molar-refractivity contribution is 6.05. The second kappa shape index (κ2) is 5.90. The van der Waals surface area contributed by atoms with E-state index in [2.05, 4.69) is 5.32 Å². The van der Waals surface area contributed by atoms with Gasteiger partial charge in [0.2, 0.25) is 0 Å². The Balaban J connectivity index is 3.12. The van der Waals surface area contributed by atoms with Gasteiger partial charge in [-0.1, -0.05) is 6.07 Å². The number of nitrogens with zero attached hydrogens (tertiary/aromatic N) is 1. The number of nitrogens with two attached hydrogens (primary N) is 1. The predicted octanol–water partition coefficient (Wildman–Crippen LogP) is 1.46. The molecule has 0 saturated carbocycles. The van der Waals surface area contributed by atoms with Crippen molar-refractivity contribution < 1.29 is 9.53 Å².